The zero-order valence-electron chi connectivity index (χ0n) is 13.2. The Bertz CT molecular complexity index is 514. The zero-order chi connectivity index (χ0) is 16.0. The predicted molar refractivity (Wildman–Crippen MR) is 88.4 cm³/mol. The van der Waals surface area contributed by atoms with Crippen molar-refractivity contribution < 1.29 is 14.7 Å². The van der Waals surface area contributed by atoms with Gasteiger partial charge in [0, 0.05) is 12.0 Å². The van der Waals surface area contributed by atoms with Gasteiger partial charge >= 0.3 is 0 Å². The number of ketones is 1. The molecule has 3 nitrogen and oxygen atoms in total. The van der Waals surface area contributed by atoms with Crippen LogP contribution in [0, 0.1) is 0 Å². The molecular weight excluding hydrogens is 284 g/mol. The minimum atomic E-state index is -0.721. The molecule has 1 heterocycles. The Morgan fingerprint density at radius 2 is 2.00 bits per heavy atom. The Morgan fingerprint density at radius 3 is 2.52 bits per heavy atom. The van der Waals surface area contributed by atoms with Crippen molar-refractivity contribution in [3.05, 3.63) is 35.1 Å². The van der Waals surface area contributed by atoms with Crippen LogP contribution in [0.2, 0.25) is 0 Å². The third-order valence-electron chi connectivity index (χ3n) is 3.50. The largest absolute Gasteiger partial charge is 0.510 e. The van der Waals surface area contributed by atoms with Gasteiger partial charge in [-0.2, -0.15) is 0 Å². The van der Waals surface area contributed by atoms with Crippen LogP contribution in [0.5, 0.6) is 0 Å². The Balaban J connectivity index is 2.69. The molecule has 1 N–H and O–H groups in total. The van der Waals surface area contributed by atoms with E-state index in [1.807, 2.05) is 19.9 Å². The SMILES string of the molecule is CCCCCC(=O)/C=C/C(C)=C/[C@@]1(C)SC(=O)C(C)=C1O. The number of allylic oxidation sites excluding steroid dienone is 3. The van der Waals surface area contributed by atoms with Gasteiger partial charge in [-0.1, -0.05) is 49.3 Å². The highest BCUT2D eigenvalue weighted by Crippen LogP contribution is 2.43. The molecule has 0 saturated carbocycles. The molecule has 0 fully saturated rings. The van der Waals surface area contributed by atoms with E-state index in [-0.39, 0.29) is 16.7 Å². The average molecular weight is 308 g/mol. The number of rotatable bonds is 7. The number of thioether (sulfide) groups is 1. The fraction of sp³-hybridized carbons (Fsp3) is 0.529. The Morgan fingerprint density at radius 1 is 1.33 bits per heavy atom. The van der Waals surface area contributed by atoms with Crippen LogP contribution in [0.4, 0.5) is 0 Å². The van der Waals surface area contributed by atoms with Gasteiger partial charge in [0.25, 0.3) is 0 Å². The van der Waals surface area contributed by atoms with Crippen molar-refractivity contribution in [2.24, 2.45) is 0 Å². The third-order valence-corrected chi connectivity index (χ3v) is 4.73. The highest BCUT2D eigenvalue weighted by Gasteiger charge is 2.40. The quantitative estimate of drug-likeness (QED) is 0.427. The molecule has 0 bridgehead atoms. The molecule has 21 heavy (non-hydrogen) atoms. The number of aliphatic hydroxyl groups excluding tert-OH is 1. The molecule has 0 amide bonds. The van der Waals surface area contributed by atoms with E-state index in [1.54, 1.807) is 19.1 Å². The summed E-state index contributed by atoms with van der Waals surface area (Å²) in [5.41, 5.74) is 1.27. The van der Waals surface area contributed by atoms with E-state index in [0.717, 1.165) is 36.6 Å². The van der Waals surface area contributed by atoms with Gasteiger partial charge in [-0.3, -0.25) is 9.59 Å². The van der Waals surface area contributed by atoms with Gasteiger partial charge in [-0.15, -0.1) is 0 Å². The Labute approximate surface area is 131 Å². The van der Waals surface area contributed by atoms with E-state index >= 15 is 0 Å². The molecule has 116 valence electrons. The second-order valence-electron chi connectivity index (χ2n) is 5.62. The van der Waals surface area contributed by atoms with Gasteiger partial charge < -0.3 is 5.11 Å². The third kappa shape index (κ3) is 4.88. The van der Waals surface area contributed by atoms with Crippen molar-refractivity contribution in [2.45, 2.75) is 58.1 Å². The van der Waals surface area contributed by atoms with Crippen molar-refractivity contribution in [3.63, 3.8) is 0 Å². The van der Waals surface area contributed by atoms with Gasteiger partial charge in [0.2, 0.25) is 5.12 Å². The molecule has 0 aromatic carbocycles. The van der Waals surface area contributed by atoms with Crippen LogP contribution in [0.15, 0.2) is 35.1 Å². The second-order valence-corrected chi connectivity index (χ2v) is 7.04. The molecule has 0 saturated heterocycles. The summed E-state index contributed by atoms with van der Waals surface area (Å²) in [6, 6.07) is 0. The van der Waals surface area contributed by atoms with Crippen molar-refractivity contribution in [1.29, 1.82) is 0 Å². The van der Waals surface area contributed by atoms with E-state index in [1.165, 1.54) is 0 Å². The molecule has 0 unspecified atom stereocenters. The van der Waals surface area contributed by atoms with Crippen molar-refractivity contribution in [1.82, 2.24) is 0 Å². The maximum atomic E-state index is 11.7. The fourth-order valence-electron chi connectivity index (χ4n) is 2.22. The van der Waals surface area contributed by atoms with Crippen molar-refractivity contribution in [2.75, 3.05) is 0 Å². The lowest BCUT2D eigenvalue weighted by Gasteiger charge is -2.18. The van der Waals surface area contributed by atoms with E-state index < -0.39 is 4.75 Å². The molecule has 0 spiro atoms. The fourth-order valence-corrected chi connectivity index (χ4v) is 3.35. The molecule has 1 aliphatic heterocycles. The van der Waals surface area contributed by atoms with Gasteiger partial charge in [-0.25, -0.2) is 0 Å². The first-order valence-corrected chi connectivity index (χ1v) is 8.16. The highest BCUT2D eigenvalue weighted by atomic mass is 32.2. The summed E-state index contributed by atoms with van der Waals surface area (Å²) in [6.07, 6.45) is 8.84. The van der Waals surface area contributed by atoms with Crippen LogP contribution < -0.4 is 0 Å². The van der Waals surface area contributed by atoms with Crippen LogP contribution in [-0.4, -0.2) is 20.8 Å². The van der Waals surface area contributed by atoms with Crippen LogP contribution in [0.1, 0.15) is 53.4 Å². The number of carbonyl (C=O) groups excluding carboxylic acids is 2. The number of unbranched alkanes of at least 4 members (excludes halogenated alkanes) is 2. The van der Waals surface area contributed by atoms with E-state index in [9.17, 15) is 14.7 Å². The van der Waals surface area contributed by atoms with Gasteiger partial charge in [-0.05, 0) is 33.3 Å². The summed E-state index contributed by atoms with van der Waals surface area (Å²) in [4.78, 5) is 23.3. The second kappa shape index (κ2) is 7.64. The lowest BCUT2D eigenvalue weighted by Crippen LogP contribution is -2.17. The average Bonchev–Trinajstić information content (AvgIpc) is 2.60. The summed E-state index contributed by atoms with van der Waals surface area (Å²) in [5.74, 6) is 0.229. The monoisotopic (exact) mass is 308 g/mol. The minimum Gasteiger partial charge on any atom is -0.510 e. The molecule has 0 aromatic rings. The van der Waals surface area contributed by atoms with Gasteiger partial charge in [0.05, 0.1) is 4.75 Å². The van der Waals surface area contributed by atoms with Gasteiger partial charge in [0.1, 0.15) is 5.76 Å². The Hall–Kier alpha value is -1.29. The first-order chi connectivity index (χ1) is 9.80. The minimum absolute atomic E-state index is 0.0985. The summed E-state index contributed by atoms with van der Waals surface area (Å²) >= 11 is 1.11. The first kappa shape index (κ1) is 17.8. The number of aliphatic hydroxyl groups is 1. The molecule has 0 aromatic heterocycles. The number of carbonyl (C=O) groups is 2. The van der Waals surface area contributed by atoms with E-state index in [4.69, 9.17) is 0 Å². The molecule has 0 radical (unpaired) electrons. The van der Waals surface area contributed by atoms with Crippen LogP contribution in [0.25, 0.3) is 0 Å². The number of hydrogen-bond acceptors (Lipinski definition) is 4. The van der Waals surface area contributed by atoms with Crippen molar-refractivity contribution in [3.8, 4) is 0 Å². The normalized spacial score (nSPS) is 23.4. The maximum Gasteiger partial charge on any atom is 0.219 e. The van der Waals surface area contributed by atoms with Gasteiger partial charge in [0.15, 0.2) is 5.78 Å². The summed E-state index contributed by atoms with van der Waals surface area (Å²) in [5, 5.41) is 9.96. The number of hydrogen-bond donors (Lipinski definition) is 1. The molecule has 0 aliphatic carbocycles. The zero-order valence-corrected chi connectivity index (χ0v) is 14.0. The topological polar surface area (TPSA) is 54.4 Å². The lowest BCUT2D eigenvalue weighted by atomic mass is 10.0. The van der Waals surface area contributed by atoms with Crippen LogP contribution in [-0.2, 0) is 9.59 Å². The smallest absolute Gasteiger partial charge is 0.219 e. The maximum absolute atomic E-state index is 11.7. The van der Waals surface area contributed by atoms with Crippen LogP contribution >= 0.6 is 11.8 Å². The van der Waals surface area contributed by atoms with Crippen LogP contribution in [0.3, 0.4) is 0 Å². The first-order valence-electron chi connectivity index (χ1n) is 7.34. The molecule has 1 rings (SSSR count). The molecular formula is C17H24O3S. The highest BCUT2D eigenvalue weighted by molar-refractivity contribution is 8.16. The lowest BCUT2D eigenvalue weighted by molar-refractivity contribution is -0.114. The van der Waals surface area contributed by atoms with E-state index in [0.29, 0.717) is 12.0 Å². The van der Waals surface area contributed by atoms with Crippen molar-refractivity contribution >= 4 is 22.7 Å². The molecule has 1 atom stereocenters. The molecule has 4 heteroatoms. The summed E-state index contributed by atoms with van der Waals surface area (Å²) in [6.45, 7) is 7.41. The molecule has 1 aliphatic rings. The summed E-state index contributed by atoms with van der Waals surface area (Å²) < 4.78 is -0.721. The standard InChI is InChI=1S/C17H24O3S/c1-5-6-7-8-14(18)10-9-12(2)11-17(4)15(19)13(3)16(20)21-17/h9-11,19H,5-8H2,1-4H3/b10-9+,12-11+/t17-/m1/s1. The Kier molecular flexibility index (Phi) is 6.46. The summed E-state index contributed by atoms with van der Waals surface area (Å²) in [7, 11) is 0. The van der Waals surface area contributed by atoms with E-state index in [2.05, 4.69) is 6.92 Å². The predicted octanol–water partition coefficient (Wildman–Crippen LogP) is 4.50.